The van der Waals surface area contributed by atoms with Gasteiger partial charge >= 0.3 is 0 Å². The molecule has 2 aromatic rings. The molecule has 0 aliphatic heterocycles. The lowest BCUT2D eigenvalue weighted by Crippen LogP contribution is -2.28. The summed E-state index contributed by atoms with van der Waals surface area (Å²) in [6.07, 6.45) is 1.59. The lowest BCUT2D eigenvalue weighted by Gasteiger charge is -2.06. The molecule has 1 aromatic heterocycles. The van der Waals surface area contributed by atoms with Crippen LogP contribution < -0.4 is 11.5 Å². The van der Waals surface area contributed by atoms with Crippen molar-refractivity contribution in [1.29, 1.82) is 0 Å². The van der Waals surface area contributed by atoms with Crippen molar-refractivity contribution in [1.82, 2.24) is 0 Å². The molecule has 72 valence electrons. The summed E-state index contributed by atoms with van der Waals surface area (Å²) in [4.78, 5) is 10.8. The maximum atomic E-state index is 10.8. The molecule has 0 aliphatic carbocycles. The zero-order chi connectivity index (χ0) is 10.1. The molecule has 0 saturated heterocycles. The first-order valence-electron chi connectivity index (χ1n) is 4.20. The van der Waals surface area contributed by atoms with Gasteiger partial charge in [0.1, 0.15) is 11.6 Å². The van der Waals surface area contributed by atoms with Gasteiger partial charge in [-0.2, -0.15) is 0 Å². The van der Waals surface area contributed by atoms with Crippen LogP contribution in [0, 0.1) is 0 Å². The van der Waals surface area contributed by atoms with Crippen molar-refractivity contribution in [3.8, 4) is 0 Å². The lowest BCUT2D eigenvalue weighted by molar-refractivity contribution is -0.119. The van der Waals surface area contributed by atoms with Crippen molar-refractivity contribution in [2.75, 3.05) is 0 Å². The van der Waals surface area contributed by atoms with E-state index in [1.54, 1.807) is 24.5 Å². The Hall–Kier alpha value is -1.81. The van der Waals surface area contributed by atoms with Crippen LogP contribution >= 0.6 is 0 Å². The van der Waals surface area contributed by atoms with Crippen LogP contribution in [0.25, 0.3) is 11.0 Å². The molecule has 4 N–H and O–H groups in total. The molecule has 4 heteroatoms. The Morgan fingerprint density at radius 2 is 2.14 bits per heavy atom. The zero-order valence-electron chi connectivity index (χ0n) is 7.44. The second-order valence-corrected chi connectivity index (χ2v) is 3.10. The van der Waals surface area contributed by atoms with Crippen LogP contribution in [-0.2, 0) is 4.79 Å². The van der Waals surface area contributed by atoms with Crippen LogP contribution in [-0.4, -0.2) is 5.91 Å². The number of rotatable bonds is 2. The van der Waals surface area contributed by atoms with Gasteiger partial charge in [0.2, 0.25) is 5.91 Å². The number of furan rings is 1. The monoisotopic (exact) mass is 190 g/mol. The normalized spacial score (nSPS) is 12.9. The van der Waals surface area contributed by atoms with Gasteiger partial charge in [-0.1, -0.05) is 6.07 Å². The third-order valence-electron chi connectivity index (χ3n) is 2.14. The van der Waals surface area contributed by atoms with Crippen molar-refractivity contribution in [3.63, 3.8) is 0 Å². The highest BCUT2D eigenvalue weighted by atomic mass is 16.3. The topological polar surface area (TPSA) is 82.2 Å². The molecule has 0 unspecified atom stereocenters. The number of amides is 1. The third-order valence-corrected chi connectivity index (χ3v) is 2.14. The highest BCUT2D eigenvalue weighted by Gasteiger charge is 2.12. The van der Waals surface area contributed by atoms with E-state index in [1.165, 1.54) is 0 Å². The summed E-state index contributed by atoms with van der Waals surface area (Å²) in [5, 5.41) is 0.916. The molecular formula is C10H10N2O2. The number of carbonyl (C=O) groups excluding carboxylic acids is 1. The van der Waals surface area contributed by atoms with Crippen molar-refractivity contribution in [2.24, 2.45) is 11.5 Å². The predicted octanol–water partition coefficient (Wildman–Crippen LogP) is 0.918. The first-order valence-corrected chi connectivity index (χ1v) is 4.20. The van der Waals surface area contributed by atoms with Gasteiger partial charge in [0.05, 0.1) is 6.26 Å². The minimum absolute atomic E-state index is 0.534. The second-order valence-electron chi connectivity index (χ2n) is 3.10. The Kier molecular flexibility index (Phi) is 1.98. The SMILES string of the molecule is NC(=O)[C@@H](N)c1ccc2occc2c1. The fraction of sp³-hybridized carbons (Fsp3) is 0.100. The number of benzene rings is 1. The second kappa shape index (κ2) is 3.16. The summed E-state index contributed by atoms with van der Waals surface area (Å²) in [5.41, 5.74) is 12.2. The van der Waals surface area contributed by atoms with Gasteiger partial charge in [-0.3, -0.25) is 4.79 Å². The summed E-state index contributed by atoms with van der Waals surface area (Å²) < 4.78 is 5.16. The average molecular weight is 190 g/mol. The molecule has 0 fully saturated rings. The number of primary amides is 1. The van der Waals surface area contributed by atoms with Gasteiger partial charge in [-0.25, -0.2) is 0 Å². The molecule has 1 heterocycles. The van der Waals surface area contributed by atoms with E-state index in [0.29, 0.717) is 5.56 Å². The van der Waals surface area contributed by atoms with Crippen molar-refractivity contribution >= 4 is 16.9 Å². The minimum Gasteiger partial charge on any atom is -0.464 e. The van der Waals surface area contributed by atoms with Gasteiger partial charge in [0, 0.05) is 5.39 Å². The van der Waals surface area contributed by atoms with Crippen LogP contribution in [0.4, 0.5) is 0 Å². The van der Waals surface area contributed by atoms with Crippen LogP contribution in [0.3, 0.4) is 0 Å². The highest BCUT2D eigenvalue weighted by Crippen LogP contribution is 2.19. The number of hydrogen-bond donors (Lipinski definition) is 2. The van der Waals surface area contributed by atoms with E-state index in [1.807, 2.05) is 6.07 Å². The summed E-state index contributed by atoms with van der Waals surface area (Å²) in [7, 11) is 0. The summed E-state index contributed by atoms with van der Waals surface area (Å²) in [6.45, 7) is 0. The minimum atomic E-state index is -0.755. The fourth-order valence-corrected chi connectivity index (χ4v) is 1.34. The third kappa shape index (κ3) is 1.36. The van der Waals surface area contributed by atoms with E-state index in [4.69, 9.17) is 15.9 Å². The van der Waals surface area contributed by atoms with E-state index in [2.05, 4.69) is 0 Å². The summed E-state index contributed by atoms with van der Waals surface area (Å²) in [5.74, 6) is -0.534. The largest absolute Gasteiger partial charge is 0.464 e. The van der Waals surface area contributed by atoms with Crippen LogP contribution in [0.2, 0.25) is 0 Å². The number of hydrogen-bond acceptors (Lipinski definition) is 3. The molecule has 0 radical (unpaired) electrons. The van der Waals surface area contributed by atoms with Crippen molar-refractivity contribution in [3.05, 3.63) is 36.1 Å². The average Bonchev–Trinajstić information content (AvgIpc) is 2.62. The zero-order valence-corrected chi connectivity index (χ0v) is 7.44. The molecule has 0 saturated carbocycles. The van der Waals surface area contributed by atoms with Crippen LogP contribution in [0.1, 0.15) is 11.6 Å². The van der Waals surface area contributed by atoms with E-state index in [9.17, 15) is 4.79 Å². The molecule has 1 atom stereocenters. The smallest absolute Gasteiger partial charge is 0.238 e. The molecule has 1 aromatic carbocycles. The van der Waals surface area contributed by atoms with Crippen LogP contribution in [0.5, 0.6) is 0 Å². The van der Waals surface area contributed by atoms with Gasteiger partial charge in [-0.15, -0.1) is 0 Å². The highest BCUT2D eigenvalue weighted by molar-refractivity contribution is 5.84. The summed E-state index contributed by atoms with van der Waals surface area (Å²) >= 11 is 0. The molecule has 0 aliphatic rings. The Labute approximate surface area is 80.5 Å². The molecule has 0 spiro atoms. The van der Waals surface area contributed by atoms with E-state index >= 15 is 0 Å². The molecule has 0 bridgehead atoms. The lowest BCUT2D eigenvalue weighted by atomic mass is 10.1. The fourth-order valence-electron chi connectivity index (χ4n) is 1.34. The van der Waals surface area contributed by atoms with Crippen LogP contribution in [0.15, 0.2) is 34.9 Å². The number of nitrogens with two attached hydrogens (primary N) is 2. The Balaban J connectivity index is 2.48. The van der Waals surface area contributed by atoms with Gasteiger partial charge < -0.3 is 15.9 Å². The first-order chi connectivity index (χ1) is 6.68. The number of fused-ring (bicyclic) bond motifs is 1. The molecule has 2 rings (SSSR count). The quantitative estimate of drug-likeness (QED) is 0.738. The van der Waals surface area contributed by atoms with E-state index in [-0.39, 0.29) is 0 Å². The van der Waals surface area contributed by atoms with Crippen molar-refractivity contribution in [2.45, 2.75) is 6.04 Å². The standard InChI is InChI=1S/C10H10N2O2/c11-9(10(12)13)7-1-2-8-6(5-7)3-4-14-8/h1-5,9H,11H2,(H2,12,13)/t9-/m0/s1. The number of carbonyl (C=O) groups is 1. The van der Waals surface area contributed by atoms with Gasteiger partial charge in [0.25, 0.3) is 0 Å². The van der Waals surface area contributed by atoms with Gasteiger partial charge in [0.15, 0.2) is 0 Å². The van der Waals surface area contributed by atoms with E-state index in [0.717, 1.165) is 11.0 Å². The molecule has 14 heavy (non-hydrogen) atoms. The Bertz CT molecular complexity index is 476. The molecular weight excluding hydrogens is 180 g/mol. The van der Waals surface area contributed by atoms with E-state index < -0.39 is 11.9 Å². The molecule has 1 amide bonds. The Morgan fingerprint density at radius 3 is 2.86 bits per heavy atom. The Morgan fingerprint density at radius 1 is 1.36 bits per heavy atom. The molecule has 4 nitrogen and oxygen atoms in total. The maximum absolute atomic E-state index is 10.8. The maximum Gasteiger partial charge on any atom is 0.238 e. The predicted molar refractivity (Wildman–Crippen MR) is 52.3 cm³/mol. The summed E-state index contributed by atoms with van der Waals surface area (Å²) in [6, 6.07) is 6.37. The van der Waals surface area contributed by atoms with Gasteiger partial charge in [-0.05, 0) is 23.8 Å². The van der Waals surface area contributed by atoms with Crippen molar-refractivity contribution < 1.29 is 9.21 Å². The first kappa shape index (κ1) is 8.77.